The van der Waals surface area contributed by atoms with Crippen molar-refractivity contribution >= 4 is 11.8 Å². The molecule has 0 fully saturated rings. The van der Waals surface area contributed by atoms with Gasteiger partial charge in [-0.05, 0) is 31.2 Å². The Labute approximate surface area is 98.5 Å². The number of carbonyl (C=O) groups is 1. The number of benzene rings is 1. The van der Waals surface area contributed by atoms with Crippen molar-refractivity contribution in [2.45, 2.75) is 13.0 Å². The molecule has 17 heavy (non-hydrogen) atoms. The monoisotopic (exact) mass is 238 g/mol. The smallest absolute Gasteiger partial charge is 0.355 e. The van der Waals surface area contributed by atoms with Crippen LogP contribution in [-0.2, 0) is 9.53 Å². The Hall–Kier alpha value is -2.24. The van der Waals surface area contributed by atoms with E-state index in [4.69, 9.17) is 25.7 Å². The minimum Gasteiger partial charge on any atom is -0.508 e. The number of ether oxygens (including phenoxy) is 2. The predicted molar refractivity (Wildman–Crippen MR) is 61.1 cm³/mol. The molecule has 0 saturated carbocycles. The molecule has 0 aliphatic rings. The van der Waals surface area contributed by atoms with E-state index in [2.05, 4.69) is 0 Å². The summed E-state index contributed by atoms with van der Waals surface area (Å²) in [5.41, 5.74) is 5.25. The van der Waals surface area contributed by atoms with Crippen molar-refractivity contribution in [3.63, 3.8) is 0 Å². The number of aromatic hydroxyl groups is 1. The maximum Gasteiger partial charge on any atom is 0.355 e. The van der Waals surface area contributed by atoms with Gasteiger partial charge in [0.25, 0.3) is 6.10 Å². The lowest BCUT2D eigenvalue weighted by molar-refractivity contribution is -0.148. The minimum atomic E-state index is -1.26. The van der Waals surface area contributed by atoms with Crippen LogP contribution in [0.25, 0.3) is 0 Å². The average molecular weight is 238 g/mol. The average Bonchev–Trinajstić information content (AvgIpc) is 2.28. The van der Waals surface area contributed by atoms with Crippen molar-refractivity contribution < 1.29 is 19.4 Å². The van der Waals surface area contributed by atoms with E-state index in [9.17, 15) is 4.79 Å². The number of hydrogen-bond donors (Lipinski definition) is 3. The van der Waals surface area contributed by atoms with Crippen LogP contribution in [0, 0.1) is 5.41 Å². The number of nitrogens with two attached hydrogens (primary N) is 1. The van der Waals surface area contributed by atoms with E-state index >= 15 is 0 Å². The first-order valence-corrected chi connectivity index (χ1v) is 5.00. The highest BCUT2D eigenvalue weighted by atomic mass is 16.6. The van der Waals surface area contributed by atoms with Gasteiger partial charge in [0, 0.05) is 0 Å². The number of esters is 1. The molecule has 0 aliphatic carbocycles. The van der Waals surface area contributed by atoms with Gasteiger partial charge >= 0.3 is 5.97 Å². The first-order chi connectivity index (χ1) is 8.04. The van der Waals surface area contributed by atoms with Gasteiger partial charge in [0.05, 0.1) is 6.61 Å². The molecular weight excluding hydrogens is 224 g/mol. The fraction of sp³-hybridized carbons (Fsp3) is 0.273. The van der Waals surface area contributed by atoms with Gasteiger partial charge < -0.3 is 20.3 Å². The number of phenols is 1. The zero-order valence-electron chi connectivity index (χ0n) is 9.34. The molecule has 6 heteroatoms. The van der Waals surface area contributed by atoms with E-state index in [0.717, 1.165) is 0 Å². The molecule has 1 rings (SSSR count). The normalized spacial score (nSPS) is 11.6. The second-order valence-corrected chi connectivity index (χ2v) is 3.20. The van der Waals surface area contributed by atoms with E-state index in [1.807, 2.05) is 0 Å². The minimum absolute atomic E-state index is 0.0767. The number of rotatable bonds is 5. The zero-order valence-corrected chi connectivity index (χ0v) is 9.34. The molecule has 1 aromatic rings. The van der Waals surface area contributed by atoms with Crippen molar-refractivity contribution in [3.05, 3.63) is 24.3 Å². The first-order valence-electron chi connectivity index (χ1n) is 5.00. The maximum absolute atomic E-state index is 11.4. The van der Waals surface area contributed by atoms with Gasteiger partial charge in [0.2, 0.25) is 0 Å². The van der Waals surface area contributed by atoms with Crippen LogP contribution in [0.3, 0.4) is 0 Å². The van der Waals surface area contributed by atoms with Crippen molar-refractivity contribution in [2.24, 2.45) is 5.73 Å². The second-order valence-electron chi connectivity index (χ2n) is 3.20. The summed E-state index contributed by atoms with van der Waals surface area (Å²) in [6, 6.07) is 5.73. The largest absolute Gasteiger partial charge is 0.508 e. The lowest BCUT2D eigenvalue weighted by Crippen LogP contribution is -2.41. The molecule has 1 unspecified atom stereocenters. The highest BCUT2D eigenvalue weighted by Gasteiger charge is 2.25. The van der Waals surface area contributed by atoms with Crippen LogP contribution in [0.4, 0.5) is 0 Å². The third-order valence-electron chi connectivity index (χ3n) is 1.87. The third-order valence-corrected chi connectivity index (χ3v) is 1.87. The van der Waals surface area contributed by atoms with Gasteiger partial charge in [-0.1, -0.05) is 0 Å². The Kier molecular flexibility index (Phi) is 4.33. The van der Waals surface area contributed by atoms with Crippen molar-refractivity contribution in [2.75, 3.05) is 6.61 Å². The molecule has 4 N–H and O–H groups in total. The number of amidine groups is 1. The molecule has 0 aliphatic heterocycles. The summed E-state index contributed by atoms with van der Waals surface area (Å²) in [7, 11) is 0. The van der Waals surface area contributed by atoms with Gasteiger partial charge in [-0.25, -0.2) is 4.79 Å². The lowest BCUT2D eigenvalue weighted by Gasteiger charge is -2.16. The van der Waals surface area contributed by atoms with Crippen LogP contribution in [0.1, 0.15) is 6.92 Å². The Morgan fingerprint density at radius 1 is 1.47 bits per heavy atom. The highest BCUT2D eigenvalue weighted by Crippen LogP contribution is 2.17. The molecule has 0 saturated heterocycles. The fourth-order valence-corrected chi connectivity index (χ4v) is 1.12. The summed E-state index contributed by atoms with van der Waals surface area (Å²) in [5, 5.41) is 16.3. The van der Waals surface area contributed by atoms with Gasteiger partial charge in [-0.2, -0.15) is 0 Å². The van der Waals surface area contributed by atoms with E-state index in [1.165, 1.54) is 24.3 Å². The zero-order chi connectivity index (χ0) is 12.8. The second kappa shape index (κ2) is 5.74. The van der Waals surface area contributed by atoms with E-state index < -0.39 is 17.9 Å². The summed E-state index contributed by atoms with van der Waals surface area (Å²) in [6.45, 7) is 1.83. The van der Waals surface area contributed by atoms with Gasteiger partial charge in [0.1, 0.15) is 17.3 Å². The van der Waals surface area contributed by atoms with Crippen molar-refractivity contribution in [1.82, 2.24) is 0 Å². The summed E-state index contributed by atoms with van der Waals surface area (Å²) >= 11 is 0. The summed E-state index contributed by atoms with van der Waals surface area (Å²) in [4.78, 5) is 11.4. The first kappa shape index (κ1) is 12.8. The van der Waals surface area contributed by atoms with Crippen LogP contribution >= 0.6 is 0 Å². The van der Waals surface area contributed by atoms with E-state index in [0.29, 0.717) is 5.75 Å². The van der Waals surface area contributed by atoms with E-state index in [1.54, 1.807) is 6.92 Å². The molecule has 1 atom stereocenters. The van der Waals surface area contributed by atoms with E-state index in [-0.39, 0.29) is 12.4 Å². The third kappa shape index (κ3) is 3.67. The van der Waals surface area contributed by atoms with Gasteiger partial charge in [-0.15, -0.1) is 0 Å². The molecule has 0 bridgehead atoms. The Bertz CT molecular complexity index is 402. The predicted octanol–water partition coefficient (Wildman–Crippen LogP) is 0.639. The number of carbonyl (C=O) groups excluding carboxylic acids is 1. The summed E-state index contributed by atoms with van der Waals surface area (Å²) < 4.78 is 9.94. The Balaban J connectivity index is 2.76. The Morgan fingerprint density at radius 3 is 2.53 bits per heavy atom. The molecule has 1 aromatic carbocycles. The summed E-state index contributed by atoms with van der Waals surface area (Å²) in [6.07, 6.45) is -1.26. The Morgan fingerprint density at radius 2 is 2.06 bits per heavy atom. The standard InChI is InChI=1S/C11H14N2O4/c1-2-16-11(15)9(10(12)13)17-8-5-3-7(14)4-6-8/h3-6,9,14H,2H2,1H3,(H3,12,13). The van der Waals surface area contributed by atoms with Gasteiger partial charge in [-0.3, -0.25) is 5.41 Å². The van der Waals surface area contributed by atoms with Crippen molar-refractivity contribution in [1.29, 1.82) is 5.41 Å². The molecule has 0 spiro atoms. The number of phenolic OH excluding ortho intramolecular Hbond substituents is 1. The lowest BCUT2D eigenvalue weighted by atomic mass is 10.3. The molecular formula is C11H14N2O4. The van der Waals surface area contributed by atoms with Crippen LogP contribution in [0.5, 0.6) is 11.5 Å². The van der Waals surface area contributed by atoms with Gasteiger partial charge in [0.15, 0.2) is 0 Å². The molecule has 0 aromatic heterocycles. The summed E-state index contributed by atoms with van der Waals surface area (Å²) in [5.74, 6) is -0.756. The van der Waals surface area contributed by atoms with Crippen LogP contribution in [0.15, 0.2) is 24.3 Å². The molecule has 0 amide bonds. The SMILES string of the molecule is CCOC(=O)C(Oc1ccc(O)cc1)C(=N)N. The fourth-order valence-electron chi connectivity index (χ4n) is 1.12. The number of hydrogen-bond acceptors (Lipinski definition) is 5. The molecule has 92 valence electrons. The molecule has 0 heterocycles. The maximum atomic E-state index is 11.4. The highest BCUT2D eigenvalue weighted by molar-refractivity contribution is 6.01. The van der Waals surface area contributed by atoms with Crippen LogP contribution in [-0.4, -0.2) is 29.6 Å². The topological polar surface area (TPSA) is 106 Å². The van der Waals surface area contributed by atoms with Crippen LogP contribution < -0.4 is 10.5 Å². The van der Waals surface area contributed by atoms with Crippen LogP contribution in [0.2, 0.25) is 0 Å². The molecule has 0 radical (unpaired) electrons. The number of nitrogens with one attached hydrogen (secondary N) is 1. The quantitative estimate of drug-likeness (QED) is 0.396. The molecule has 6 nitrogen and oxygen atoms in total. The van der Waals surface area contributed by atoms with Crippen molar-refractivity contribution in [3.8, 4) is 11.5 Å².